The van der Waals surface area contributed by atoms with Crippen molar-refractivity contribution in [1.82, 2.24) is 4.98 Å². The summed E-state index contributed by atoms with van der Waals surface area (Å²) in [5.41, 5.74) is 0.976. The SMILES string of the molecule is Fc1ccc(CNc2cccnc2Cl)c(F)c1. The van der Waals surface area contributed by atoms with E-state index in [1.807, 2.05) is 0 Å². The Morgan fingerprint density at radius 2 is 2.06 bits per heavy atom. The Morgan fingerprint density at radius 3 is 2.76 bits per heavy atom. The zero-order valence-corrected chi connectivity index (χ0v) is 9.51. The summed E-state index contributed by atoms with van der Waals surface area (Å²) in [7, 11) is 0. The summed E-state index contributed by atoms with van der Waals surface area (Å²) < 4.78 is 26.0. The summed E-state index contributed by atoms with van der Waals surface area (Å²) in [5.74, 6) is -1.18. The number of halogens is 3. The highest BCUT2D eigenvalue weighted by atomic mass is 35.5. The Labute approximate surface area is 102 Å². The van der Waals surface area contributed by atoms with Crippen molar-refractivity contribution < 1.29 is 8.78 Å². The monoisotopic (exact) mass is 254 g/mol. The first-order valence-corrected chi connectivity index (χ1v) is 5.33. The van der Waals surface area contributed by atoms with E-state index in [1.165, 1.54) is 12.1 Å². The van der Waals surface area contributed by atoms with Crippen LogP contribution in [0.5, 0.6) is 0 Å². The molecule has 17 heavy (non-hydrogen) atoms. The molecule has 0 amide bonds. The zero-order valence-electron chi connectivity index (χ0n) is 8.75. The first kappa shape index (κ1) is 11.8. The number of nitrogens with zero attached hydrogens (tertiary/aromatic N) is 1. The standard InChI is InChI=1S/C12H9ClF2N2/c13-12-11(2-1-5-16-12)17-7-8-3-4-9(14)6-10(8)15/h1-6,17H,7H2. The Morgan fingerprint density at radius 1 is 1.24 bits per heavy atom. The molecular formula is C12H9ClF2N2. The lowest BCUT2D eigenvalue weighted by atomic mass is 10.2. The number of aromatic nitrogens is 1. The molecule has 0 aliphatic carbocycles. The molecule has 88 valence electrons. The number of rotatable bonds is 3. The maximum absolute atomic E-state index is 13.3. The van der Waals surface area contributed by atoms with Gasteiger partial charge in [0.2, 0.25) is 0 Å². The largest absolute Gasteiger partial charge is 0.378 e. The van der Waals surface area contributed by atoms with E-state index >= 15 is 0 Å². The number of benzene rings is 1. The fourth-order valence-corrected chi connectivity index (χ4v) is 1.56. The molecule has 0 radical (unpaired) electrons. The lowest BCUT2D eigenvalue weighted by Gasteiger charge is -2.08. The normalized spacial score (nSPS) is 10.3. The van der Waals surface area contributed by atoms with E-state index < -0.39 is 11.6 Å². The smallest absolute Gasteiger partial charge is 0.152 e. The molecule has 2 rings (SSSR count). The van der Waals surface area contributed by atoms with E-state index in [0.717, 1.165) is 6.07 Å². The van der Waals surface area contributed by atoms with Crippen LogP contribution in [0.3, 0.4) is 0 Å². The van der Waals surface area contributed by atoms with Gasteiger partial charge in [-0.1, -0.05) is 17.7 Å². The quantitative estimate of drug-likeness (QED) is 0.846. The number of anilines is 1. The van der Waals surface area contributed by atoms with Crippen LogP contribution in [0.2, 0.25) is 5.15 Å². The van der Waals surface area contributed by atoms with Gasteiger partial charge in [-0.25, -0.2) is 13.8 Å². The van der Waals surface area contributed by atoms with Crippen LogP contribution in [-0.2, 0) is 6.54 Å². The Bertz CT molecular complexity index is 532. The second-order valence-electron chi connectivity index (χ2n) is 3.43. The zero-order chi connectivity index (χ0) is 12.3. The van der Waals surface area contributed by atoms with Crippen LogP contribution in [0.4, 0.5) is 14.5 Å². The van der Waals surface area contributed by atoms with E-state index in [0.29, 0.717) is 16.4 Å². The summed E-state index contributed by atoms with van der Waals surface area (Å²) in [6, 6.07) is 6.90. The average Bonchev–Trinajstić information content (AvgIpc) is 2.30. The van der Waals surface area contributed by atoms with Crippen molar-refractivity contribution in [3.63, 3.8) is 0 Å². The third kappa shape index (κ3) is 2.91. The topological polar surface area (TPSA) is 24.9 Å². The molecule has 5 heteroatoms. The summed E-state index contributed by atoms with van der Waals surface area (Å²) in [5, 5.41) is 3.25. The summed E-state index contributed by atoms with van der Waals surface area (Å²) in [6.45, 7) is 0.220. The number of nitrogens with one attached hydrogen (secondary N) is 1. The van der Waals surface area contributed by atoms with Gasteiger partial charge in [0.05, 0.1) is 5.69 Å². The van der Waals surface area contributed by atoms with Crippen molar-refractivity contribution in [2.24, 2.45) is 0 Å². The van der Waals surface area contributed by atoms with Crippen molar-refractivity contribution in [2.45, 2.75) is 6.54 Å². The highest BCUT2D eigenvalue weighted by Crippen LogP contribution is 2.19. The van der Waals surface area contributed by atoms with Gasteiger partial charge in [-0.2, -0.15) is 0 Å². The first-order valence-electron chi connectivity index (χ1n) is 4.95. The molecule has 2 nitrogen and oxygen atoms in total. The van der Waals surface area contributed by atoms with Crippen molar-refractivity contribution in [3.05, 3.63) is 58.9 Å². The van der Waals surface area contributed by atoms with E-state index in [2.05, 4.69) is 10.3 Å². The van der Waals surface area contributed by atoms with Gasteiger partial charge in [-0.05, 0) is 18.2 Å². The highest BCUT2D eigenvalue weighted by molar-refractivity contribution is 6.31. The number of pyridine rings is 1. The Kier molecular flexibility index (Phi) is 3.54. The van der Waals surface area contributed by atoms with Crippen LogP contribution in [-0.4, -0.2) is 4.98 Å². The van der Waals surface area contributed by atoms with Gasteiger partial charge in [0.15, 0.2) is 5.15 Å². The molecule has 0 saturated carbocycles. The van der Waals surface area contributed by atoms with Crippen molar-refractivity contribution in [2.75, 3.05) is 5.32 Å². The van der Waals surface area contributed by atoms with Gasteiger partial charge in [-0.15, -0.1) is 0 Å². The second-order valence-corrected chi connectivity index (χ2v) is 3.79. The van der Waals surface area contributed by atoms with Crippen LogP contribution >= 0.6 is 11.6 Å². The van der Waals surface area contributed by atoms with E-state index in [4.69, 9.17) is 11.6 Å². The molecule has 2 aromatic rings. The maximum Gasteiger partial charge on any atom is 0.152 e. The molecule has 0 unspecified atom stereocenters. The predicted octanol–water partition coefficient (Wildman–Crippen LogP) is 3.63. The third-order valence-electron chi connectivity index (χ3n) is 2.24. The lowest BCUT2D eigenvalue weighted by Crippen LogP contribution is -2.03. The number of hydrogen-bond acceptors (Lipinski definition) is 2. The summed E-state index contributed by atoms with van der Waals surface area (Å²) in [4.78, 5) is 3.88. The minimum Gasteiger partial charge on any atom is -0.378 e. The van der Waals surface area contributed by atoms with Crippen molar-refractivity contribution >= 4 is 17.3 Å². The van der Waals surface area contributed by atoms with Crippen LogP contribution in [0.25, 0.3) is 0 Å². The van der Waals surface area contributed by atoms with Crippen LogP contribution in [0.1, 0.15) is 5.56 Å². The van der Waals surface area contributed by atoms with Gasteiger partial charge < -0.3 is 5.32 Å². The molecule has 0 atom stereocenters. The van der Waals surface area contributed by atoms with Gasteiger partial charge in [0.25, 0.3) is 0 Å². The first-order chi connectivity index (χ1) is 8.16. The van der Waals surface area contributed by atoms with Crippen molar-refractivity contribution in [1.29, 1.82) is 0 Å². The van der Waals surface area contributed by atoms with E-state index in [-0.39, 0.29) is 6.54 Å². The molecule has 0 saturated heterocycles. The molecule has 0 aliphatic rings. The molecule has 0 bridgehead atoms. The Balaban J connectivity index is 2.10. The Hall–Kier alpha value is -1.68. The third-order valence-corrected chi connectivity index (χ3v) is 2.54. The van der Waals surface area contributed by atoms with Gasteiger partial charge in [-0.3, -0.25) is 0 Å². The van der Waals surface area contributed by atoms with E-state index in [9.17, 15) is 8.78 Å². The van der Waals surface area contributed by atoms with Gasteiger partial charge in [0.1, 0.15) is 11.6 Å². The number of hydrogen-bond donors (Lipinski definition) is 1. The molecule has 0 fully saturated rings. The minimum atomic E-state index is -0.592. The fraction of sp³-hybridized carbons (Fsp3) is 0.0833. The summed E-state index contributed by atoms with van der Waals surface area (Å²) in [6.07, 6.45) is 1.56. The fourth-order valence-electron chi connectivity index (χ4n) is 1.37. The lowest BCUT2D eigenvalue weighted by molar-refractivity contribution is 0.574. The molecule has 1 N–H and O–H groups in total. The van der Waals surface area contributed by atoms with Crippen molar-refractivity contribution in [3.8, 4) is 0 Å². The molecule has 1 aromatic heterocycles. The van der Waals surface area contributed by atoms with Crippen LogP contribution < -0.4 is 5.32 Å². The molecule has 1 heterocycles. The maximum atomic E-state index is 13.3. The molecule has 0 spiro atoms. The molecule has 0 aliphatic heterocycles. The molecule has 1 aromatic carbocycles. The van der Waals surface area contributed by atoms with Crippen LogP contribution in [0.15, 0.2) is 36.5 Å². The highest BCUT2D eigenvalue weighted by Gasteiger charge is 2.05. The van der Waals surface area contributed by atoms with Gasteiger partial charge in [0, 0.05) is 24.4 Å². The van der Waals surface area contributed by atoms with Crippen LogP contribution in [0, 0.1) is 11.6 Å². The van der Waals surface area contributed by atoms with E-state index in [1.54, 1.807) is 18.3 Å². The molecular weight excluding hydrogens is 246 g/mol. The summed E-state index contributed by atoms with van der Waals surface area (Å²) >= 11 is 5.83. The predicted molar refractivity (Wildman–Crippen MR) is 62.9 cm³/mol. The average molecular weight is 255 g/mol. The minimum absolute atomic E-state index is 0.220. The second kappa shape index (κ2) is 5.10. The van der Waals surface area contributed by atoms with Gasteiger partial charge >= 0.3 is 0 Å².